The van der Waals surface area contributed by atoms with Crippen LogP contribution in [0.15, 0.2) is 29.5 Å². The molecule has 5 nitrogen and oxygen atoms in total. The van der Waals surface area contributed by atoms with Gasteiger partial charge in [-0.2, -0.15) is 0 Å². The number of carboxylic acid groups (broad SMARTS) is 1. The summed E-state index contributed by atoms with van der Waals surface area (Å²) in [5, 5.41) is 9.22. The van der Waals surface area contributed by atoms with E-state index in [0.717, 1.165) is 25.1 Å². The van der Waals surface area contributed by atoms with Crippen molar-refractivity contribution in [2.24, 2.45) is 10.7 Å². The molecule has 3 N–H and O–H groups in total. The molecule has 1 aliphatic rings. The van der Waals surface area contributed by atoms with Gasteiger partial charge in [0.15, 0.2) is 6.54 Å². The van der Waals surface area contributed by atoms with E-state index in [9.17, 15) is 9.90 Å². The van der Waals surface area contributed by atoms with Crippen molar-refractivity contribution in [1.82, 2.24) is 0 Å². The van der Waals surface area contributed by atoms with E-state index in [1.807, 2.05) is 6.92 Å². The van der Waals surface area contributed by atoms with Gasteiger partial charge in [-0.05, 0) is 19.3 Å². The lowest BCUT2D eigenvalue weighted by Crippen LogP contribution is -2.59. The molecule has 0 saturated heterocycles. The van der Waals surface area contributed by atoms with Gasteiger partial charge in [-0.25, -0.2) is 14.3 Å². The van der Waals surface area contributed by atoms with Crippen LogP contribution in [0, 0.1) is 0 Å². The van der Waals surface area contributed by atoms with E-state index < -0.39 is 5.97 Å². The minimum absolute atomic E-state index is 0.0465. The van der Waals surface area contributed by atoms with Gasteiger partial charge in [0.2, 0.25) is 5.84 Å². The van der Waals surface area contributed by atoms with E-state index >= 15 is 0 Å². The van der Waals surface area contributed by atoms with E-state index in [1.165, 1.54) is 57.8 Å². The van der Waals surface area contributed by atoms with Crippen molar-refractivity contribution in [1.29, 1.82) is 0 Å². The smallest absolute Gasteiger partial charge is 0.360 e. The minimum Gasteiger partial charge on any atom is -0.477 e. The van der Waals surface area contributed by atoms with Crippen molar-refractivity contribution in [3.8, 4) is 0 Å². The number of aliphatic imine (C=N–C) groups is 1. The number of amidine groups is 1. The molecule has 0 aromatic carbocycles. The lowest BCUT2D eigenvalue weighted by Gasteiger charge is -2.34. The molecule has 0 radical (unpaired) electrons. The number of nitrogens with two attached hydrogens (primary N) is 1. The van der Waals surface area contributed by atoms with E-state index in [0.29, 0.717) is 0 Å². The quantitative estimate of drug-likeness (QED) is 0.216. The lowest BCUT2D eigenvalue weighted by molar-refractivity contribution is -0.805. The van der Waals surface area contributed by atoms with Crippen LogP contribution < -0.4 is 5.73 Å². The third-order valence-electron chi connectivity index (χ3n) is 5.34. The van der Waals surface area contributed by atoms with Gasteiger partial charge in [-0.3, -0.25) is 5.73 Å². The Morgan fingerprint density at radius 2 is 1.70 bits per heavy atom. The van der Waals surface area contributed by atoms with E-state index in [4.69, 9.17) is 5.73 Å². The zero-order valence-corrected chi connectivity index (χ0v) is 17.4. The van der Waals surface area contributed by atoms with Crippen LogP contribution in [0.2, 0.25) is 0 Å². The number of unbranched alkanes of at least 4 members (excludes halogenated alkanes) is 9. The SMILES string of the molecule is CCCCCCCCCCC/C=C/CCC1=NC=C[N+]1(CC(=O)O)C(C)N. The third kappa shape index (κ3) is 8.85. The summed E-state index contributed by atoms with van der Waals surface area (Å²) in [4.78, 5) is 15.6. The van der Waals surface area contributed by atoms with Crippen molar-refractivity contribution >= 4 is 11.8 Å². The highest BCUT2D eigenvalue weighted by Crippen LogP contribution is 2.22. The molecule has 1 rings (SSSR count). The number of rotatable bonds is 16. The Hall–Kier alpha value is -1.46. The zero-order valence-electron chi connectivity index (χ0n) is 17.4. The molecule has 0 aliphatic carbocycles. The van der Waals surface area contributed by atoms with Crippen LogP contribution in [0.3, 0.4) is 0 Å². The Kier molecular flexibility index (Phi) is 11.9. The lowest BCUT2D eigenvalue weighted by atomic mass is 10.1. The highest BCUT2D eigenvalue weighted by Gasteiger charge is 2.40. The molecule has 1 heterocycles. The predicted molar refractivity (Wildman–Crippen MR) is 113 cm³/mol. The molecule has 0 amide bonds. The maximum Gasteiger partial charge on any atom is 0.360 e. The molecule has 0 aromatic heterocycles. The summed E-state index contributed by atoms with van der Waals surface area (Å²) in [5.74, 6) is -0.00687. The van der Waals surface area contributed by atoms with Crippen LogP contribution in [0.4, 0.5) is 0 Å². The van der Waals surface area contributed by atoms with Gasteiger partial charge in [0.1, 0.15) is 12.4 Å². The molecule has 0 spiro atoms. The van der Waals surface area contributed by atoms with Crippen LogP contribution in [0.5, 0.6) is 0 Å². The molecule has 5 heteroatoms. The molecule has 2 unspecified atom stereocenters. The highest BCUT2D eigenvalue weighted by molar-refractivity contribution is 5.81. The second-order valence-electron chi connectivity index (χ2n) is 7.69. The van der Waals surface area contributed by atoms with E-state index in [2.05, 4.69) is 24.1 Å². The van der Waals surface area contributed by atoms with Crippen molar-refractivity contribution < 1.29 is 14.4 Å². The van der Waals surface area contributed by atoms with Crippen molar-refractivity contribution in [3.63, 3.8) is 0 Å². The van der Waals surface area contributed by atoms with Crippen LogP contribution in [0.1, 0.15) is 90.9 Å². The van der Waals surface area contributed by atoms with Gasteiger partial charge in [-0.1, -0.05) is 70.4 Å². The Bertz CT molecular complexity index is 512. The predicted octanol–water partition coefficient (Wildman–Crippen LogP) is 5.33. The monoisotopic (exact) mass is 378 g/mol. The molecule has 0 aromatic rings. The van der Waals surface area contributed by atoms with Crippen LogP contribution in [0.25, 0.3) is 0 Å². The fourth-order valence-corrected chi connectivity index (χ4v) is 3.61. The van der Waals surface area contributed by atoms with Gasteiger partial charge in [0.05, 0.1) is 6.20 Å². The molecular formula is C22H40N3O2+. The van der Waals surface area contributed by atoms with Gasteiger partial charge in [0.25, 0.3) is 0 Å². The molecule has 0 fully saturated rings. The molecule has 154 valence electrons. The molecule has 1 aliphatic heterocycles. The number of carboxylic acids is 1. The fraction of sp³-hybridized carbons (Fsp3) is 0.727. The van der Waals surface area contributed by atoms with Crippen molar-refractivity contribution in [2.75, 3.05) is 6.54 Å². The number of allylic oxidation sites excluding steroid dienone is 2. The first-order valence-corrected chi connectivity index (χ1v) is 10.8. The number of quaternary nitrogens is 1. The number of hydrogen-bond donors (Lipinski definition) is 2. The minimum atomic E-state index is -0.854. The maximum absolute atomic E-state index is 11.2. The van der Waals surface area contributed by atoms with Crippen molar-refractivity contribution in [3.05, 3.63) is 24.6 Å². The standard InChI is InChI=1S/C22H39N3O2/c1-3-4-5-6-7-8-9-10-11-12-13-14-15-16-21-24-17-18-25(21,20(2)23)19-22(26)27/h13-14,17-18,20H,3-12,15-16,19,23H2,1-2H3/p+1/b14-13+. The Morgan fingerprint density at radius 1 is 1.11 bits per heavy atom. The number of carbonyl (C=O) groups is 1. The first kappa shape index (κ1) is 23.6. The second-order valence-corrected chi connectivity index (χ2v) is 7.69. The summed E-state index contributed by atoms with van der Waals surface area (Å²) in [7, 11) is 0. The normalized spacial score (nSPS) is 20.3. The third-order valence-corrected chi connectivity index (χ3v) is 5.34. The zero-order chi connectivity index (χ0) is 20.0. The molecule has 27 heavy (non-hydrogen) atoms. The van der Waals surface area contributed by atoms with Gasteiger partial charge < -0.3 is 5.11 Å². The molecular weight excluding hydrogens is 338 g/mol. The first-order chi connectivity index (χ1) is 13.0. The summed E-state index contributed by atoms with van der Waals surface area (Å²) >= 11 is 0. The van der Waals surface area contributed by atoms with E-state index in [1.54, 1.807) is 12.4 Å². The fourth-order valence-electron chi connectivity index (χ4n) is 3.61. The van der Waals surface area contributed by atoms with Gasteiger partial charge >= 0.3 is 5.97 Å². The number of hydrogen-bond acceptors (Lipinski definition) is 3. The summed E-state index contributed by atoms with van der Waals surface area (Å²) in [5.41, 5.74) is 6.07. The maximum atomic E-state index is 11.2. The molecule has 0 bridgehead atoms. The van der Waals surface area contributed by atoms with Crippen LogP contribution in [-0.2, 0) is 4.79 Å². The largest absolute Gasteiger partial charge is 0.477 e. The number of aliphatic carboxylic acids is 1. The van der Waals surface area contributed by atoms with Crippen molar-refractivity contribution in [2.45, 2.75) is 97.1 Å². The topological polar surface area (TPSA) is 75.7 Å². The molecule has 0 saturated carbocycles. The summed E-state index contributed by atoms with van der Waals surface area (Å²) in [6.07, 6.45) is 22.6. The Morgan fingerprint density at radius 3 is 2.30 bits per heavy atom. The average Bonchev–Trinajstić information content (AvgIpc) is 3.02. The number of nitrogens with zero attached hydrogens (tertiary/aromatic N) is 2. The Labute approximate surface area is 165 Å². The second kappa shape index (κ2) is 13.7. The summed E-state index contributed by atoms with van der Waals surface area (Å²) in [6.45, 7) is 4.05. The van der Waals surface area contributed by atoms with E-state index in [-0.39, 0.29) is 17.2 Å². The first-order valence-electron chi connectivity index (χ1n) is 10.8. The average molecular weight is 379 g/mol. The Balaban J connectivity index is 2.15. The highest BCUT2D eigenvalue weighted by atomic mass is 16.4. The van der Waals surface area contributed by atoms with Gasteiger partial charge in [0, 0.05) is 13.3 Å². The summed E-state index contributed by atoms with van der Waals surface area (Å²) in [6, 6.07) is 0. The summed E-state index contributed by atoms with van der Waals surface area (Å²) < 4.78 is 0.140. The van der Waals surface area contributed by atoms with Crippen LogP contribution >= 0.6 is 0 Å². The molecule has 2 atom stereocenters. The van der Waals surface area contributed by atoms with Crippen LogP contribution in [-0.4, -0.2) is 34.1 Å². The van der Waals surface area contributed by atoms with Gasteiger partial charge in [-0.15, -0.1) is 0 Å².